The molecule has 6 rings (SSSR count). The largest absolute Gasteiger partial charge is 0.355 e. The normalized spacial score (nSPS) is 35.7. The third-order valence-corrected chi connectivity index (χ3v) is 10.4. The average Bonchev–Trinajstić information content (AvgIpc) is 3.14. The molecule has 1 aromatic carbocycles. The van der Waals surface area contributed by atoms with Crippen LogP contribution in [0.4, 0.5) is 0 Å². The monoisotopic (exact) mass is 470 g/mol. The van der Waals surface area contributed by atoms with Crippen LogP contribution in [0.25, 0.3) is 0 Å². The molecular weight excluding hydrogens is 443 g/mol. The molecule has 1 aromatic rings. The fourth-order valence-corrected chi connectivity index (χ4v) is 9.10. The molecule has 1 aliphatic heterocycles. The highest BCUT2D eigenvalue weighted by molar-refractivity contribution is 7.89. The highest BCUT2D eigenvalue weighted by Gasteiger charge is 2.54. The van der Waals surface area contributed by atoms with Crippen molar-refractivity contribution in [1.82, 2.24) is 9.62 Å². The number of hydrogen-bond donors (Lipinski definition) is 1. The SMILES string of the molecule is O=C(NCC1CCN(S(=O)(=O)c2ccc(Cl)cc2Cl)C1)C12CC3CC(CC(C3)C1)C2. The van der Waals surface area contributed by atoms with Gasteiger partial charge in [0.25, 0.3) is 0 Å². The number of halogens is 2. The van der Waals surface area contributed by atoms with Gasteiger partial charge in [0.1, 0.15) is 4.90 Å². The van der Waals surface area contributed by atoms with Crippen molar-refractivity contribution in [3.63, 3.8) is 0 Å². The van der Waals surface area contributed by atoms with Gasteiger partial charge in [-0.2, -0.15) is 4.31 Å². The molecule has 4 aliphatic carbocycles. The molecule has 164 valence electrons. The van der Waals surface area contributed by atoms with Crippen molar-refractivity contribution >= 4 is 39.1 Å². The quantitative estimate of drug-likeness (QED) is 0.695. The maximum atomic E-state index is 13.2. The molecule has 4 bridgehead atoms. The van der Waals surface area contributed by atoms with Gasteiger partial charge < -0.3 is 5.32 Å². The third kappa shape index (κ3) is 3.68. The van der Waals surface area contributed by atoms with Crippen molar-refractivity contribution in [1.29, 1.82) is 0 Å². The van der Waals surface area contributed by atoms with E-state index in [0.717, 1.165) is 43.4 Å². The summed E-state index contributed by atoms with van der Waals surface area (Å²) in [6.45, 7) is 1.39. The maximum absolute atomic E-state index is 13.2. The fraction of sp³-hybridized carbons (Fsp3) is 0.682. The summed E-state index contributed by atoms with van der Waals surface area (Å²) in [5.41, 5.74) is -0.157. The van der Waals surface area contributed by atoms with Crippen LogP contribution in [0.3, 0.4) is 0 Å². The fourth-order valence-electron chi connectivity index (χ4n) is 6.82. The van der Waals surface area contributed by atoms with Gasteiger partial charge in [0.15, 0.2) is 0 Å². The van der Waals surface area contributed by atoms with Gasteiger partial charge >= 0.3 is 0 Å². The average molecular weight is 471 g/mol. The molecule has 1 atom stereocenters. The first-order valence-electron chi connectivity index (χ1n) is 11.0. The van der Waals surface area contributed by atoms with Crippen LogP contribution in [-0.2, 0) is 14.8 Å². The summed E-state index contributed by atoms with van der Waals surface area (Å²) >= 11 is 12.0. The number of amides is 1. The van der Waals surface area contributed by atoms with Gasteiger partial charge in [-0.15, -0.1) is 0 Å². The molecule has 0 aromatic heterocycles. The van der Waals surface area contributed by atoms with Crippen LogP contribution in [0.2, 0.25) is 10.0 Å². The lowest BCUT2D eigenvalue weighted by atomic mass is 9.49. The molecule has 5 nitrogen and oxygen atoms in total. The van der Waals surface area contributed by atoms with Crippen LogP contribution in [0.5, 0.6) is 0 Å². The van der Waals surface area contributed by atoms with Gasteiger partial charge in [0, 0.05) is 30.1 Å². The van der Waals surface area contributed by atoms with Gasteiger partial charge in [-0.3, -0.25) is 4.79 Å². The Kier molecular flexibility index (Phi) is 5.36. The molecule has 0 spiro atoms. The second kappa shape index (κ2) is 7.65. The van der Waals surface area contributed by atoms with Crippen LogP contribution in [0.1, 0.15) is 44.9 Å². The topological polar surface area (TPSA) is 66.5 Å². The highest BCUT2D eigenvalue weighted by atomic mass is 35.5. The maximum Gasteiger partial charge on any atom is 0.244 e. The predicted molar refractivity (Wildman–Crippen MR) is 117 cm³/mol. The molecule has 1 N–H and O–H groups in total. The number of carbonyl (C=O) groups excluding carboxylic acids is 1. The molecule has 4 saturated carbocycles. The summed E-state index contributed by atoms with van der Waals surface area (Å²) in [5.74, 6) is 2.54. The number of benzene rings is 1. The lowest BCUT2D eigenvalue weighted by Crippen LogP contribution is -2.54. The van der Waals surface area contributed by atoms with E-state index < -0.39 is 10.0 Å². The summed E-state index contributed by atoms with van der Waals surface area (Å²) in [7, 11) is -3.66. The third-order valence-electron chi connectivity index (χ3n) is 7.83. The smallest absolute Gasteiger partial charge is 0.244 e. The zero-order valence-electron chi connectivity index (χ0n) is 16.9. The van der Waals surface area contributed by atoms with Crippen LogP contribution in [-0.4, -0.2) is 38.3 Å². The first kappa shape index (κ1) is 21.0. The van der Waals surface area contributed by atoms with Gasteiger partial charge in [0.05, 0.1) is 5.02 Å². The summed E-state index contributed by atoms with van der Waals surface area (Å²) < 4.78 is 27.5. The lowest BCUT2D eigenvalue weighted by molar-refractivity contribution is -0.146. The molecule has 1 saturated heterocycles. The Balaban J connectivity index is 1.20. The Morgan fingerprint density at radius 3 is 2.33 bits per heavy atom. The van der Waals surface area contributed by atoms with Crippen molar-refractivity contribution in [3.05, 3.63) is 28.2 Å². The molecule has 5 fully saturated rings. The molecule has 1 heterocycles. The van der Waals surface area contributed by atoms with E-state index in [0.29, 0.717) is 24.7 Å². The van der Waals surface area contributed by atoms with Crippen LogP contribution in [0.15, 0.2) is 23.1 Å². The van der Waals surface area contributed by atoms with Crippen LogP contribution < -0.4 is 5.32 Å². The second-order valence-electron chi connectivity index (χ2n) is 10.0. The van der Waals surface area contributed by atoms with E-state index >= 15 is 0 Å². The zero-order chi connectivity index (χ0) is 21.1. The van der Waals surface area contributed by atoms with Crippen molar-refractivity contribution in [2.24, 2.45) is 29.1 Å². The Morgan fingerprint density at radius 1 is 1.10 bits per heavy atom. The zero-order valence-corrected chi connectivity index (χ0v) is 19.3. The number of sulfonamides is 1. The van der Waals surface area contributed by atoms with E-state index in [2.05, 4.69) is 5.32 Å². The molecule has 1 amide bonds. The summed E-state index contributed by atoms with van der Waals surface area (Å²) in [5, 5.41) is 3.76. The Hall–Kier alpha value is -0.820. The van der Waals surface area contributed by atoms with E-state index in [4.69, 9.17) is 23.2 Å². The van der Waals surface area contributed by atoms with Gasteiger partial charge in [-0.05, 0) is 86.8 Å². The highest BCUT2D eigenvalue weighted by Crippen LogP contribution is 2.60. The number of carbonyl (C=O) groups is 1. The van der Waals surface area contributed by atoms with Crippen LogP contribution >= 0.6 is 23.2 Å². The van der Waals surface area contributed by atoms with E-state index in [9.17, 15) is 13.2 Å². The van der Waals surface area contributed by atoms with Gasteiger partial charge in [0.2, 0.25) is 15.9 Å². The first-order valence-corrected chi connectivity index (χ1v) is 13.2. The van der Waals surface area contributed by atoms with Crippen molar-refractivity contribution in [2.45, 2.75) is 49.8 Å². The van der Waals surface area contributed by atoms with Crippen LogP contribution in [0, 0.1) is 29.1 Å². The Labute approximate surface area is 188 Å². The summed E-state index contributed by atoms with van der Waals surface area (Å²) in [6.07, 6.45) is 7.83. The molecule has 5 aliphatic rings. The van der Waals surface area contributed by atoms with E-state index in [1.807, 2.05) is 0 Å². The van der Waals surface area contributed by atoms with Crippen molar-refractivity contribution in [3.8, 4) is 0 Å². The standard InChI is InChI=1S/C22H28Cl2N2O3S/c23-18-1-2-20(19(24)8-18)30(28,29)26-4-3-14(13-26)12-25-21(27)22-9-15-5-16(10-22)7-17(6-15)11-22/h1-2,8,14-17H,3-7,9-13H2,(H,25,27). The lowest BCUT2D eigenvalue weighted by Gasteiger charge is -2.55. The number of hydrogen-bond acceptors (Lipinski definition) is 3. The number of nitrogens with zero attached hydrogens (tertiary/aromatic N) is 1. The van der Waals surface area contributed by atoms with Crippen molar-refractivity contribution < 1.29 is 13.2 Å². The van der Waals surface area contributed by atoms with Gasteiger partial charge in [-0.25, -0.2) is 8.42 Å². The molecule has 8 heteroatoms. The molecule has 30 heavy (non-hydrogen) atoms. The van der Waals surface area contributed by atoms with E-state index in [1.54, 1.807) is 6.07 Å². The van der Waals surface area contributed by atoms with Crippen molar-refractivity contribution in [2.75, 3.05) is 19.6 Å². The Morgan fingerprint density at radius 2 is 1.73 bits per heavy atom. The summed E-state index contributed by atoms with van der Waals surface area (Å²) in [6, 6.07) is 4.46. The number of rotatable bonds is 5. The summed E-state index contributed by atoms with van der Waals surface area (Å²) in [4.78, 5) is 13.2. The predicted octanol–water partition coefficient (Wildman–Crippen LogP) is 4.34. The van der Waals surface area contributed by atoms with Gasteiger partial charge in [-0.1, -0.05) is 23.2 Å². The minimum absolute atomic E-state index is 0.0896. The van der Waals surface area contributed by atoms with E-state index in [1.165, 1.54) is 35.7 Å². The minimum atomic E-state index is -3.66. The van der Waals surface area contributed by atoms with E-state index in [-0.39, 0.29) is 27.2 Å². The molecule has 1 unspecified atom stereocenters. The first-order chi connectivity index (χ1) is 14.2. The number of nitrogens with one attached hydrogen (secondary N) is 1. The Bertz CT molecular complexity index is 930. The second-order valence-corrected chi connectivity index (χ2v) is 12.8. The molecule has 0 radical (unpaired) electrons. The molecular formula is C22H28Cl2N2O3S. The minimum Gasteiger partial charge on any atom is -0.355 e.